The number of benzene rings is 2. The van der Waals surface area contributed by atoms with Crippen LogP contribution in [0.2, 0.25) is 0 Å². The Bertz CT molecular complexity index is 599. The van der Waals surface area contributed by atoms with Crippen LogP contribution in [0.1, 0.15) is 19.4 Å². The second-order valence-electron chi connectivity index (χ2n) is 5.70. The monoisotopic (exact) mass is 270 g/mol. The van der Waals surface area contributed by atoms with E-state index in [1.807, 2.05) is 19.9 Å². The maximum Gasteiger partial charge on any atom is 0.226 e. The highest BCUT2D eigenvalue weighted by Crippen LogP contribution is 2.19. The molecule has 2 aromatic rings. The Balaban J connectivity index is 2.05. The molecular weight excluding hydrogens is 248 g/mol. The summed E-state index contributed by atoms with van der Waals surface area (Å²) in [5.41, 5.74) is 0.857. The van der Waals surface area contributed by atoms with Gasteiger partial charge in [-0.2, -0.15) is 0 Å². The topological polar surface area (TPSA) is 41.1 Å². The molecule has 2 N–H and O–H groups in total. The van der Waals surface area contributed by atoms with Gasteiger partial charge in [0.2, 0.25) is 5.91 Å². The molecule has 0 saturated carbocycles. The highest BCUT2D eigenvalue weighted by Gasteiger charge is 2.25. The Morgan fingerprint density at radius 2 is 1.80 bits per heavy atom. The van der Waals surface area contributed by atoms with Gasteiger partial charge in [-0.15, -0.1) is 0 Å². The summed E-state index contributed by atoms with van der Waals surface area (Å²) in [5.74, 6) is 0.0583. The number of hydrogen-bond donors (Lipinski definition) is 2. The third-order valence-corrected chi connectivity index (χ3v) is 3.60. The van der Waals surface area contributed by atoms with Gasteiger partial charge in [0.15, 0.2) is 0 Å². The summed E-state index contributed by atoms with van der Waals surface area (Å²) in [6.45, 7) is 5.31. The van der Waals surface area contributed by atoms with Crippen molar-refractivity contribution in [2.45, 2.75) is 20.4 Å². The van der Waals surface area contributed by atoms with Crippen molar-refractivity contribution in [2.24, 2.45) is 5.41 Å². The van der Waals surface area contributed by atoms with E-state index >= 15 is 0 Å². The minimum Gasteiger partial charge on any atom is -0.359 e. The second-order valence-corrected chi connectivity index (χ2v) is 5.70. The van der Waals surface area contributed by atoms with Gasteiger partial charge >= 0.3 is 0 Å². The van der Waals surface area contributed by atoms with Gasteiger partial charge in [0.25, 0.3) is 0 Å². The largest absolute Gasteiger partial charge is 0.359 e. The van der Waals surface area contributed by atoms with Crippen LogP contribution >= 0.6 is 0 Å². The van der Waals surface area contributed by atoms with Gasteiger partial charge in [-0.05, 0) is 30.2 Å². The van der Waals surface area contributed by atoms with E-state index in [1.165, 1.54) is 16.3 Å². The molecule has 2 aromatic carbocycles. The molecule has 0 aliphatic carbocycles. The standard InChI is InChI=1S/C17H22N2O/c1-17(2,16(20)18-3)12-19-11-14-9-6-8-13-7-4-5-10-15(13)14/h4-10,19H,11-12H2,1-3H3,(H,18,20). The van der Waals surface area contributed by atoms with E-state index < -0.39 is 5.41 Å². The molecule has 0 atom stereocenters. The summed E-state index contributed by atoms with van der Waals surface area (Å²) in [6.07, 6.45) is 0. The van der Waals surface area contributed by atoms with E-state index in [1.54, 1.807) is 7.05 Å². The molecule has 0 spiro atoms. The molecule has 0 aromatic heterocycles. The molecule has 3 nitrogen and oxygen atoms in total. The lowest BCUT2D eigenvalue weighted by molar-refractivity contribution is -0.128. The van der Waals surface area contributed by atoms with Gasteiger partial charge in [-0.1, -0.05) is 42.5 Å². The third kappa shape index (κ3) is 3.17. The van der Waals surface area contributed by atoms with Crippen molar-refractivity contribution >= 4 is 16.7 Å². The van der Waals surface area contributed by atoms with E-state index in [0.717, 1.165) is 6.54 Å². The van der Waals surface area contributed by atoms with Crippen molar-refractivity contribution < 1.29 is 4.79 Å². The van der Waals surface area contributed by atoms with Crippen molar-refractivity contribution in [1.29, 1.82) is 0 Å². The molecule has 106 valence electrons. The Kier molecular flexibility index (Phi) is 4.40. The van der Waals surface area contributed by atoms with Crippen molar-refractivity contribution in [2.75, 3.05) is 13.6 Å². The van der Waals surface area contributed by atoms with Gasteiger partial charge in [-0.25, -0.2) is 0 Å². The lowest BCUT2D eigenvalue weighted by Crippen LogP contribution is -2.41. The van der Waals surface area contributed by atoms with Crippen molar-refractivity contribution in [3.63, 3.8) is 0 Å². The maximum absolute atomic E-state index is 11.7. The first-order chi connectivity index (χ1) is 9.54. The molecular formula is C17H22N2O. The molecule has 0 aliphatic rings. The number of nitrogens with one attached hydrogen (secondary N) is 2. The van der Waals surface area contributed by atoms with E-state index in [0.29, 0.717) is 6.54 Å². The summed E-state index contributed by atoms with van der Waals surface area (Å²) in [7, 11) is 1.68. The molecule has 0 fully saturated rings. The molecule has 20 heavy (non-hydrogen) atoms. The van der Waals surface area contributed by atoms with Crippen molar-refractivity contribution in [3.05, 3.63) is 48.0 Å². The predicted octanol–water partition coefficient (Wildman–Crippen LogP) is 2.70. The van der Waals surface area contributed by atoms with Gasteiger partial charge < -0.3 is 10.6 Å². The number of hydrogen-bond acceptors (Lipinski definition) is 2. The molecule has 0 aliphatic heterocycles. The summed E-state index contributed by atoms with van der Waals surface area (Å²) >= 11 is 0. The fourth-order valence-electron chi connectivity index (χ4n) is 2.37. The predicted molar refractivity (Wildman–Crippen MR) is 83.5 cm³/mol. The summed E-state index contributed by atoms with van der Waals surface area (Å²) < 4.78 is 0. The molecule has 0 unspecified atom stereocenters. The minimum atomic E-state index is -0.403. The van der Waals surface area contributed by atoms with Crippen LogP contribution in [0, 0.1) is 5.41 Å². The normalized spacial score (nSPS) is 11.6. The molecule has 2 rings (SSSR count). The van der Waals surface area contributed by atoms with Gasteiger partial charge in [-0.3, -0.25) is 4.79 Å². The number of rotatable bonds is 5. The molecule has 0 radical (unpaired) electrons. The van der Waals surface area contributed by atoms with Gasteiger partial charge in [0, 0.05) is 20.1 Å². The van der Waals surface area contributed by atoms with Crippen LogP contribution in [0.3, 0.4) is 0 Å². The SMILES string of the molecule is CNC(=O)C(C)(C)CNCc1cccc2ccccc12. The zero-order valence-corrected chi connectivity index (χ0v) is 12.4. The third-order valence-electron chi connectivity index (χ3n) is 3.60. The Labute approximate surface area is 120 Å². The zero-order chi connectivity index (χ0) is 14.6. The number of amides is 1. The molecule has 1 amide bonds. The van der Waals surface area contributed by atoms with E-state index in [4.69, 9.17) is 0 Å². The number of fused-ring (bicyclic) bond motifs is 1. The Hall–Kier alpha value is -1.87. The maximum atomic E-state index is 11.7. The fraction of sp³-hybridized carbons (Fsp3) is 0.353. The quantitative estimate of drug-likeness (QED) is 0.877. The average molecular weight is 270 g/mol. The van der Waals surface area contributed by atoms with Crippen LogP contribution in [-0.4, -0.2) is 19.5 Å². The highest BCUT2D eigenvalue weighted by atomic mass is 16.2. The second kappa shape index (κ2) is 6.06. The number of carbonyl (C=O) groups is 1. The lowest BCUT2D eigenvalue weighted by Gasteiger charge is -2.23. The average Bonchev–Trinajstić information content (AvgIpc) is 2.46. The summed E-state index contributed by atoms with van der Waals surface area (Å²) in [5, 5.41) is 8.60. The van der Waals surface area contributed by atoms with Gasteiger partial charge in [0.1, 0.15) is 0 Å². The molecule has 0 saturated heterocycles. The number of carbonyl (C=O) groups excluding carboxylic acids is 1. The van der Waals surface area contributed by atoms with Crippen molar-refractivity contribution in [3.8, 4) is 0 Å². The first kappa shape index (κ1) is 14.5. The summed E-state index contributed by atoms with van der Waals surface area (Å²) in [6, 6.07) is 14.7. The van der Waals surface area contributed by atoms with E-state index in [-0.39, 0.29) is 5.91 Å². The van der Waals surface area contributed by atoms with Crippen LogP contribution in [0.15, 0.2) is 42.5 Å². The van der Waals surface area contributed by atoms with E-state index in [9.17, 15) is 4.79 Å². The smallest absolute Gasteiger partial charge is 0.226 e. The van der Waals surface area contributed by atoms with Crippen molar-refractivity contribution in [1.82, 2.24) is 10.6 Å². The fourth-order valence-corrected chi connectivity index (χ4v) is 2.37. The lowest BCUT2D eigenvalue weighted by atomic mass is 9.92. The van der Waals surface area contributed by atoms with E-state index in [2.05, 4.69) is 47.0 Å². The Morgan fingerprint density at radius 1 is 1.10 bits per heavy atom. The molecule has 0 bridgehead atoms. The highest BCUT2D eigenvalue weighted by molar-refractivity contribution is 5.85. The van der Waals surface area contributed by atoms with Crippen LogP contribution in [0.5, 0.6) is 0 Å². The molecule has 3 heteroatoms. The molecule has 0 heterocycles. The summed E-state index contributed by atoms with van der Waals surface area (Å²) in [4.78, 5) is 11.7. The first-order valence-corrected chi connectivity index (χ1v) is 6.94. The van der Waals surface area contributed by atoms with Crippen LogP contribution in [0.4, 0.5) is 0 Å². The first-order valence-electron chi connectivity index (χ1n) is 6.94. The van der Waals surface area contributed by atoms with Crippen LogP contribution in [0.25, 0.3) is 10.8 Å². The Morgan fingerprint density at radius 3 is 2.55 bits per heavy atom. The van der Waals surface area contributed by atoms with Gasteiger partial charge in [0.05, 0.1) is 5.41 Å². The zero-order valence-electron chi connectivity index (χ0n) is 12.4. The van der Waals surface area contributed by atoms with Crippen LogP contribution < -0.4 is 10.6 Å². The minimum absolute atomic E-state index is 0.0583. The van der Waals surface area contributed by atoms with Crippen LogP contribution in [-0.2, 0) is 11.3 Å².